The van der Waals surface area contributed by atoms with Gasteiger partial charge in [-0.05, 0) is 23.3 Å². The lowest BCUT2D eigenvalue weighted by Crippen LogP contribution is -2.62. The molecule has 0 amide bonds. The van der Waals surface area contributed by atoms with Crippen LogP contribution in [0, 0.1) is 0 Å². The molecule has 0 saturated carbocycles. The average molecular weight is 328 g/mol. The molecule has 0 bridgehead atoms. The van der Waals surface area contributed by atoms with Gasteiger partial charge in [-0.1, -0.05) is 80.4 Å². The zero-order chi connectivity index (χ0) is 16.7. The van der Waals surface area contributed by atoms with Crippen molar-refractivity contribution in [3.05, 3.63) is 60.7 Å². The predicted molar refractivity (Wildman–Crippen MR) is 95.8 cm³/mol. The first-order chi connectivity index (χ1) is 11.1. The number of carbonyl (C=O) groups is 1. The Kier molecular flexibility index (Phi) is 6.13. The van der Waals surface area contributed by atoms with E-state index in [0.29, 0.717) is 0 Å². The molecule has 0 fully saturated rings. The molecule has 0 saturated heterocycles. The molecule has 0 aliphatic carbocycles. The molecule has 0 spiro atoms. The molecule has 2 aromatic rings. The van der Waals surface area contributed by atoms with Crippen molar-refractivity contribution in [1.29, 1.82) is 0 Å². The Hall–Kier alpha value is -1.91. The van der Waals surface area contributed by atoms with Crippen molar-refractivity contribution >= 4 is 24.7 Å². The van der Waals surface area contributed by atoms with Gasteiger partial charge in [0.15, 0.2) is 0 Å². The summed E-state index contributed by atoms with van der Waals surface area (Å²) in [6.07, 6.45) is 1.25. The highest BCUT2D eigenvalue weighted by Crippen LogP contribution is 2.19. The highest BCUT2D eigenvalue weighted by atomic mass is 28.4. The largest absolute Gasteiger partial charge is 0.479 e. The van der Waals surface area contributed by atoms with Gasteiger partial charge in [-0.3, -0.25) is 0 Å². The highest BCUT2D eigenvalue weighted by molar-refractivity contribution is 6.97. The molecule has 0 aromatic heterocycles. The molecule has 4 heteroatoms. The number of hydrogen-bond acceptors (Lipinski definition) is 2. The zero-order valence-electron chi connectivity index (χ0n) is 13.7. The van der Waals surface area contributed by atoms with Crippen molar-refractivity contribution in [2.75, 3.05) is 0 Å². The topological polar surface area (TPSA) is 46.5 Å². The van der Waals surface area contributed by atoms with Crippen LogP contribution in [0.25, 0.3) is 0 Å². The number of benzene rings is 2. The van der Waals surface area contributed by atoms with Crippen LogP contribution < -0.4 is 10.4 Å². The first kappa shape index (κ1) is 17.4. The summed E-state index contributed by atoms with van der Waals surface area (Å²) in [7, 11) is -2.58. The molecule has 122 valence electrons. The lowest BCUT2D eigenvalue weighted by molar-refractivity contribution is -0.144. The predicted octanol–water partition coefficient (Wildman–Crippen LogP) is 3.04. The van der Waals surface area contributed by atoms with E-state index in [4.69, 9.17) is 4.43 Å². The Balaban J connectivity index is 2.55. The molecule has 2 rings (SSSR count). The second-order valence-electron chi connectivity index (χ2n) is 5.76. The molecule has 1 unspecified atom stereocenters. The fourth-order valence-corrected chi connectivity index (χ4v) is 7.16. The quantitative estimate of drug-likeness (QED) is 0.758. The van der Waals surface area contributed by atoms with Crippen LogP contribution in [-0.4, -0.2) is 25.5 Å². The Labute approximate surface area is 139 Å². The van der Waals surface area contributed by atoms with Crippen LogP contribution in [-0.2, 0) is 9.22 Å². The second kappa shape index (κ2) is 8.08. The van der Waals surface area contributed by atoms with Crippen molar-refractivity contribution in [2.45, 2.75) is 38.8 Å². The highest BCUT2D eigenvalue weighted by Gasteiger charge is 2.41. The monoisotopic (exact) mass is 328 g/mol. The van der Waals surface area contributed by atoms with Crippen LogP contribution >= 0.6 is 0 Å². The average Bonchev–Trinajstić information content (AvgIpc) is 2.60. The third-order valence-corrected chi connectivity index (χ3v) is 8.43. The third-order valence-electron chi connectivity index (χ3n) is 4.09. The normalized spacial score (nSPS) is 12.8. The number of carboxylic acids is 1. The fraction of sp³-hybridized carbons (Fsp3) is 0.316. The molecular weight excluding hydrogens is 304 g/mol. The summed E-state index contributed by atoms with van der Waals surface area (Å²) in [5.74, 6) is -0.912. The van der Waals surface area contributed by atoms with Crippen molar-refractivity contribution in [3.8, 4) is 0 Å². The van der Waals surface area contributed by atoms with Crippen molar-refractivity contribution in [1.82, 2.24) is 0 Å². The summed E-state index contributed by atoms with van der Waals surface area (Å²) in [6, 6.07) is 21.1. The SMILES string of the molecule is CCCC[Si](OC(C)C(=O)O)(c1ccccc1)c1ccccc1. The Morgan fingerprint density at radius 2 is 1.52 bits per heavy atom. The van der Waals surface area contributed by atoms with Gasteiger partial charge >= 0.3 is 5.97 Å². The molecule has 23 heavy (non-hydrogen) atoms. The molecule has 0 heterocycles. The van der Waals surface area contributed by atoms with Crippen molar-refractivity contribution < 1.29 is 14.3 Å². The fourth-order valence-electron chi connectivity index (χ4n) is 2.84. The van der Waals surface area contributed by atoms with Gasteiger partial charge < -0.3 is 9.53 Å². The second-order valence-corrected chi connectivity index (χ2v) is 9.31. The van der Waals surface area contributed by atoms with Crippen molar-refractivity contribution in [2.24, 2.45) is 0 Å². The number of aliphatic carboxylic acids is 1. The van der Waals surface area contributed by atoms with Crippen LogP contribution in [0.4, 0.5) is 0 Å². The maximum absolute atomic E-state index is 11.4. The Bertz CT molecular complexity index is 574. The van der Waals surface area contributed by atoms with Crippen LogP contribution in [0.3, 0.4) is 0 Å². The van der Waals surface area contributed by atoms with E-state index in [-0.39, 0.29) is 0 Å². The lowest BCUT2D eigenvalue weighted by Gasteiger charge is -2.34. The van der Waals surface area contributed by atoms with Crippen molar-refractivity contribution in [3.63, 3.8) is 0 Å². The molecule has 0 radical (unpaired) electrons. The number of carboxylic acid groups (broad SMARTS) is 1. The van der Waals surface area contributed by atoms with Gasteiger partial charge in [-0.2, -0.15) is 0 Å². The van der Waals surface area contributed by atoms with Gasteiger partial charge in [0, 0.05) is 0 Å². The van der Waals surface area contributed by atoms with E-state index < -0.39 is 20.4 Å². The standard InChI is InChI=1S/C19H24O3Si/c1-3-4-15-23(22-16(2)19(20)21,17-11-7-5-8-12-17)18-13-9-6-10-14-18/h5-14,16H,3-4,15H2,1-2H3,(H,20,21). The van der Waals surface area contributed by atoms with Crippen LogP contribution in [0.2, 0.25) is 6.04 Å². The van der Waals surface area contributed by atoms with E-state index in [9.17, 15) is 9.90 Å². The van der Waals surface area contributed by atoms with Gasteiger partial charge in [-0.15, -0.1) is 0 Å². The third kappa shape index (κ3) is 4.09. The van der Waals surface area contributed by atoms with E-state index in [0.717, 1.165) is 29.3 Å². The van der Waals surface area contributed by atoms with E-state index in [1.165, 1.54) is 0 Å². The van der Waals surface area contributed by atoms with Gasteiger partial charge in [0.1, 0.15) is 6.10 Å². The summed E-state index contributed by atoms with van der Waals surface area (Å²) < 4.78 is 6.31. The smallest absolute Gasteiger partial charge is 0.331 e. The van der Waals surface area contributed by atoms with E-state index in [1.807, 2.05) is 36.4 Å². The molecule has 1 N–H and O–H groups in total. The number of unbranched alkanes of at least 4 members (excludes halogenated alkanes) is 1. The summed E-state index contributed by atoms with van der Waals surface area (Å²) >= 11 is 0. The number of rotatable bonds is 8. The summed E-state index contributed by atoms with van der Waals surface area (Å²) in [4.78, 5) is 11.4. The maximum Gasteiger partial charge on any atom is 0.331 e. The van der Waals surface area contributed by atoms with Crippen LogP contribution in [0.5, 0.6) is 0 Å². The van der Waals surface area contributed by atoms with E-state index >= 15 is 0 Å². The molecular formula is C19H24O3Si. The summed E-state index contributed by atoms with van der Waals surface area (Å²) in [5.41, 5.74) is 0. The van der Waals surface area contributed by atoms with Gasteiger partial charge in [-0.25, -0.2) is 4.79 Å². The van der Waals surface area contributed by atoms with Gasteiger partial charge in [0.25, 0.3) is 8.32 Å². The molecule has 1 atom stereocenters. The summed E-state index contributed by atoms with van der Waals surface area (Å²) in [6.45, 7) is 3.78. The first-order valence-corrected chi connectivity index (χ1v) is 10.2. The molecule has 2 aromatic carbocycles. The molecule has 0 aliphatic heterocycles. The molecule has 3 nitrogen and oxygen atoms in total. The van der Waals surface area contributed by atoms with Crippen LogP contribution in [0.15, 0.2) is 60.7 Å². The molecule has 0 aliphatic rings. The van der Waals surface area contributed by atoms with Gasteiger partial charge in [0.05, 0.1) is 0 Å². The van der Waals surface area contributed by atoms with E-state index in [1.54, 1.807) is 6.92 Å². The lowest BCUT2D eigenvalue weighted by atomic mass is 10.4. The first-order valence-electron chi connectivity index (χ1n) is 8.12. The van der Waals surface area contributed by atoms with E-state index in [2.05, 4.69) is 31.2 Å². The minimum atomic E-state index is -2.58. The summed E-state index contributed by atoms with van der Waals surface area (Å²) in [5, 5.41) is 11.6. The zero-order valence-corrected chi connectivity index (χ0v) is 14.7. The Morgan fingerprint density at radius 1 is 1.04 bits per heavy atom. The van der Waals surface area contributed by atoms with Gasteiger partial charge in [0.2, 0.25) is 0 Å². The Morgan fingerprint density at radius 3 is 1.91 bits per heavy atom. The van der Waals surface area contributed by atoms with Crippen LogP contribution in [0.1, 0.15) is 26.7 Å². The maximum atomic E-state index is 11.4. The minimum absolute atomic E-state index is 0.820. The number of hydrogen-bond donors (Lipinski definition) is 1. The minimum Gasteiger partial charge on any atom is -0.479 e.